The van der Waals surface area contributed by atoms with E-state index in [1.807, 2.05) is 7.05 Å². The standard InChI is InChI=1S/C12H18ClN3O.ClH/c1-16-7-8(13)6-11(16)12(17)15-10-4-2-9(14)3-5-10;/h6-7,9-10H,2-5,14H2,1H3,(H,15,17);1H. The molecule has 2 rings (SSSR count). The molecule has 1 saturated carbocycles. The first kappa shape index (κ1) is 15.3. The van der Waals surface area contributed by atoms with Crippen molar-refractivity contribution in [2.24, 2.45) is 12.8 Å². The van der Waals surface area contributed by atoms with Crippen LogP contribution in [0.2, 0.25) is 5.02 Å². The lowest BCUT2D eigenvalue weighted by molar-refractivity contribution is 0.0917. The van der Waals surface area contributed by atoms with Crippen molar-refractivity contribution < 1.29 is 4.79 Å². The molecule has 1 heterocycles. The van der Waals surface area contributed by atoms with Crippen LogP contribution in [0.5, 0.6) is 0 Å². The summed E-state index contributed by atoms with van der Waals surface area (Å²) in [7, 11) is 1.82. The van der Waals surface area contributed by atoms with Gasteiger partial charge in [-0.2, -0.15) is 0 Å². The molecule has 1 amide bonds. The number of hydrogen-bond donors (Lipinski definition) is 2. The van der Waals surface area contributed by atoms with Crippen molar-refractivity contribution in [3.05, 3.63) is 23.0 Å². The van der Waals surface area contributed by atoms with Gasteiger partial charge in [0.05, 0.1) is 5.02 Å². The number of halogens is 2. The second kappa shape index (κ2) is 6.45. The molecule has 0 atom stereocenters. The van der Waals surface area contributed by atoms with Crippen LogP contribution in [-0.2, 0) is 7.05 Å². The van der Waals surface area contributed by atoms with Crippen molar-refractivity contribution in [2.75, 3.05) is 0 Å². The van der Waals surface area contributed by atoms with Gasteiger partial charge in [-0.15, -0.1) is 12.4 Å². The van der Waals surface area contributed by atoms with Gasteiger partial charge in [-0.05, 0) is 31.7 Å². The first-order chi connectivity index (χ1) is 8.06. The SMILES string of the molecule is Cl.Cn1cc(Cl)cc1C(=O)NC1CCC(N)CC1. The van der Waals surface area contributed by atoms with Gasteiger partial charge in [0.1, 0.15) is 5.69 Å². The predicted molar refractivity (Wildman–Crippen MR) is 75.4 cm³/mol. The van der Waals surface area contributed by atoms with Gasteiger partial charge in [0.15, 0.2) is 0 Å². The van der Waals surface area contributed by atoms with Crippen molar-refractivity contribution in [2.45, 2.75) is 37.8 Å². The van der Waals surface area contributed by atoms with Crippen LogP contribution in [0.3, 0.4) is 0 Å². The maximum Gasteiger partial charge on any atom is 0.268 e. The summed E-state index contributed by atoms with van der Waals surface area (Å²) in [6.45, 7) is 0. The second-order valence-corrected chi connectivity index (χ2v) is 5.18. The summed E-state index contributed by atoms with van der Waals surface area (Å²) in [6, 6.07) is 2.23. The molecule has 1 aliphatic rings. The lowest BCUT2D eigenvalue weighted by atomic mass is 9.92. The van der Waals surface area contributed by atoms with E-state index in [1.54, 1.807) is 16.8 Å². The number of nitrogens with two attached hydrogens (primary N) is 1. The number of aryl methyl sites for hydroxylation is 1. The van der Waals surface area contributed by atoms with Crippen LogP contribution >= 0.6 is 24.0 Å². The summed E-state index contributed by atoms with van der Waals surface area (Å²) in [6.07, 6.45) is 5.63. The van der Waals surface area contributed by atoms with Crippen molar-refractivity contribution >= 4 is 29.9 Å². The van der Waals surface area contributed by atoms with Crippen LogP contribution in [0, 0.1) is 0 Å². The molecule has 0 spiro atoms. The minimum atomic E-state index is -0.0557. The Morgan fingerprint density at radius 3 is 2.56 bits per heavy atom. The Kier molecular flexibility index (Phi) is 5.50. The van der Waals surface area contributed by atoms with E-state index in [2.05, 4.69) is 5.32 Å². The molecular weight excluding hydrogens is 273 g/mol. The molecule has 1 fully saturated rings. The van der Waals surface area contributed by atoms with Gasteiger partial charge in [0.25, 0.3) is 5.91 Å². The van der Waals surface area contributed by atoms with Gasteiger partial charge in [-0.3, -0.25) is 4.79 Å². The molecule has 1 aromatic heterocycles. The monoisotopic (exact) mass is 291 g/mol. The van der Waals surface area contributed by atoms with Gasteiger partial charge in [-0.25, -0.2) is 0 Å². The lowest BCUT2D eigenvalue weighted by Crippen LogP contribution is -2.40. The Hall–Kier alpha value is -0.710. The van der Waals surface area contributed by atoms with Crippen LogP contribution in [0.25, 0.3) is 0 Å². The average molecular weight is 292 g/mol. The summed E-state index contributed by atoms with van der Waals surface area (Å²) in [5.74, 6) is -0.0557. The Morgan fingerprint density at radius 1 is 1.44 bits per heavy atom. The maximum atomic E-state index is 12.0. The second-order valence-electron chi connectivity index (χ2n) is 4.74. The lowest BCUT2D eigenvalue weighted by Gasteiger charge is -2.26. The Labute approximate surface area is 118 Å². The highest BCUT2D eigenvalue weighted by molar-refractivity contribution is 6.31. The molecular formula is C12H19Cl2N3O. The number of aromatic nitrogens is 1. The molecule has 0 radical (unpaired) electrons. The molecule has 0 aromatic carbocycles. The summed E-state index contributed by atoms with van der Waals surface area (Å²) in [4.78, 5) is 12.0. The zero-order chi connectivity index (χ0) is 12.4. The smallest absolute Gasteiger partial charge is 0.268 e. The third-order valence-corrected chi connectivity index (χ3v) is 3.52. The average Bonchev–Trinajstić information content (AvgIpc) is 2.61. The summed E-state index contributed by atoms with van der Waals surface area (Å²) in [5, 5.41) is 3.62. The fraction of sp³-hybridized carbons (Fsp3) is 0.583. The van der Waals surface area contributed by atoms with E-state index in [0.29, 0.717) is 16.8 Å². The van der Waals surface area contributed by atoms with E-state index in [1.165, 1.54) is 0 Å². The fourth-order valence-electron chi connectivity index (χ4n) is 2.27. The van der Waals surface area contributed by atoms with Crippen molar-refractivity contribution in [1.29, 1.82) is 0 Å². The Balaban J connectivity index is 0.00000162. The Bertz CT molecular complexity index is 411. The molecule has 6 heteroatoms. The van der Waals surface area contributed by atoms with Gasteiger partial charge in [-0.1, -0.05) is 11.6 Å². The molecule has 102 valence electrons. The Morgan fingerprint density at radius 2 is 2.06 bits per heavy atom. The molecule has 0 unspecified atom stereocenters. The predicted octanol–water partition coefficient (Wildman–Crippen LogP) is 2.10. The van der Waals surface area contributed by atoms with E-state index in [9.17, 15) is 4.79 Å². The van der Waals surface area contributed by atoms with Gasteiger partial charge in [0, 0.05) is 25.3 Å². The van der Waals surface area contributed by atoms with Crippen LogP contribution < -0.4 is 11.1 Å². The summed E-state index contributed by atoms with van der Waals surface area (Å²) < 4.78 is 1.74. The third kappa shape index (κ3) is 3.64. The zero-order valence-electron chi connectivity index (χ0n) is 10.4. The van der Waals surface area contributed by atoms with E-state index in [-0.39, 0.29) is 24.4 Å². The maximum absolute atomic E-state index is 12.0. The van der Waals surface area contributed by atoms with Crippen LogP contribution in [0.4, 0.5) is 0 Å². The highest BCUT2D eigenvalue weighted by Crippen LogP contribution is 2.18. The van der Waals surface area contributed by atoms with E-state index < -0.39 is 0 Å². The quantitative estimate of drug-likeness (QED) is 0.877. The topological polar surface area (TPSA) is 60.0 Å². The molecule has 18 heavy (non-hydrogen) atoms. The first-order valence-corrected chi connectivity index (χ1v) is 6.32. The number of rotatable bonds is 2. The van der Waals surface area contributed by atoms with Gasteiger partial charge in [0.2, 0.25) is 0 Å². The number of nitrogens with one attached hydrogen (secondary N) is 1. The normalized spacial score (nSPS) is 23.3. The van der Waals surface area contributed by atoms with Crippen LogP contribution in [0.15, 0.2) is 12.3 Å². The molecule has 1 aliphatic carbocycles. The zero-order valence-corrected chi connectivity index (χ0v) is 11.9. The van der Waals surface area contributed by atoms with E-state index in [4.69, 9.17) is 17.3 Å². The van der Waals surface area contributed by atoms with Crippen molar-refractivity contribution in [1.82, 2.24) is 9.88 Å². The first-order valence-electron chi connectivity index (χ1n) is 5.94. The minimum Gasteiger partial charge on any atom is -0.348 e. The molecule has 4 nitrogen and oxygen atoms in total. The van der Waals surface area contributed by atoms with Crippen molar-refractivity contribution in [3.8, 4) is 0 Å². The molecule has 0 aliphatic heterocycles. The largest absolute Gasteiger partial charge is 0.348 e. The number of amides is 1. The minimum absolute atomic E-state index is 0. The van der Waals surface area contributed by atoms with Gasteiger partial charge < -0.3 is 15.6 Å². The third-order valence-electron chi connectivity index (χ3n) is 3.31. The highest BCUT2D eigenvalue weighted by atomic mass is 35.5. The molecule has 3 N–H and O–H groups in total. The summed E-state index contributed by atoms with van der Waals surface area (Å²) in [5.41, 5.74) is 6.43. The summed E-state index contributed by atoms with van der Waals surface area (Å²) >= 11 is 5.85. The molecule has 0 saturated heterocycles. The van der Waals surface area contributed by atoms with Crippen molar-refractivity contribution in [3.63, 3.8) is 0 Å². The van der Waals surface area contributed by atoms with E-state index in [0.717, 1.165) is 25.7 Å². The molecule has 1 aromatic rings. The van der Waals surface area contributed by atoms with Crippen LogP contribution in [0.1, 0.15) is 36.2 Å². The number of carbonyl (C=O) groups is 1. The fourth-order valence-corrected chi connectivity index (χ4v) is 2.52. The van der Waals surface area contributed by atoms with Gasteiger partial charge >= 0.3 is 0 Å². The number of hydrogen-bond acceptors (Lipinski definition) is 2. The number of nitrogens with zero attached hydrogens (tertiary/aromatic N) is 1. The molecule has 0 bridgehead atoms. The van der Waals surface area contributed by atoms with E-state index >= 15 is 0 Å². The van der Waals surface area contributed by atoms with Crippen LogP contribution in [-0.4, -0.2) is 22.6 Å². The number of carbonyl (C=O) groups excluding carboxylic acids is 1. The highest BCUT2D eigenvalue weighted by Gasteiger charge is 2.21.